The first-order valence-electron chi connectivity index (χ1n) is 7.43. The minimum Gasteiger partial charge on any atom is -0.492 e. The summed E-state index contributed by atoms with van der Waals surface area (Å²) in [6.07, 6.45) is 0.996. The van der Waals surface area contributed by atoms with Crippen molar-refractivity contribution in [1.82, 2.24) is 10.6 Å². The van der Waals surface area contributed by atoms with Gasteiger partial charge >= 0.3 is 0 Å². The number of rotatable bonds is 6. The maximum atomic E-state index is 12.0. The van der Waals surface area contributed by atoms with Crippen molar-refractivity contribution >= 4 is 28.2 Å². The lowest BCUT2D eigenvalue weighted by atomic mass is 10.1. The zero-order valence-electron chi connectivity index (χ0n) is 13.7. The summed E-state index contributed by atoms with van der Waals surface area (Å²) in [5, 5.41) is 5.90. The van der Waals surface area contributed by atoms with Crippen molar-refractivity contribution in [1.29, 1.82) is 0 Å². The van der Waals surface area contributed by atoms with Crippen molar-refractivity contribution < 1.29 is 22.7 Å². The highest BCUT2D eigenvalue weighted by molar-refractivity contribution is 7.90. The summed E-state index contributed by atoms with van der Waals surface area (Å²) >= 11 is 0. The van der Waals surface area contributed by atoms with Crippen LogP contribution in [0.25, 0.3) is 0 Å². The van der Waals surface area contributed by atoms with Crippen LogP contribution >= 0.6 is 12.4 Å². The molecule has 0 unspecified atom stereocenters. The predicted molar refractivity (Wildman–Crippen MR) is 92.5 cm³/mol. The van der Waals surface area contributed by atoms with Crippen LogP contribution in [0.3, 0.4) is 0 Å². The second-order valence-corrected chi connectivity index (χ2v) is 7.41. The third-order valence-electron chi connectivity index (χ3n) is 3.52. The fourth-order valence-electron chi connectivity index (χ4n) is 2.26. The molecule has 0 spiro atoms. The number of hydrogen-bond acceptors (Lipinski definition) is 6. The standard InChI is InChI=1S/C15H22N2O5S.ClH/c1-11-14(16-7-9-21-11)15(18)17-8-10-22-12-3-5-13(6-4-12)23(2,19)20;/h3-6,11,14,16H,7-10H2,1-2H3,(H,17,18);1H/t11-,14+;/m1./s1. The molecule has 2 rings (SSSR count). The molecule has 1 aromatic carbocycles. The number of benzene rings is 1. The van der Waals surface area contributed by atoms with Crippen molar-refractivity contribution in [2.24, 2.45) is 0 Å². The summed E-state index contributed by atoms with van der Waals surface area (Å²) in [4.78, 5) is 12.2. The van der Waals surface area contributed by atoms with Crippen molar-refractivity contribution in [2.45, 2.75) is 24.0 Å². The average molecular weight is 379 g/mol. The van der Waals surface area contributed by atoms with E-state index in [0.717, 1.165) is 6.26 Å². The number of amides is 1. The van der Waals surface area contributed by atoms with E-state index in [1.807, 2.05) is 6.92 Å². The monoisotopic (exact) mass is 378 g/mol. The van der Waals surface area contributed by atoms with E-state index in [4.69, 9.17) is 9.47 Å². The second kappa shape index (κ2) is 9.22. The molecular weight excluding hydrogens is 356 g/mol. The van der Waals surface area contributed by atoms with Gasteiger partial charge in [-0.2, -0.15) is 0 Å². The van der Waals surface area contributed by atoms with Crippen LogP contribution in [0, 0.1) is 0 Å². The van der Waals surface area contributed by atoms with Crippen LogP contribution in [0.2, 0.25) is 0 Å². The fraction of sp³-hybridized carbons (Fsp3) is 0.533. The second-order valence-electron chi connectivity index (χ2n) is 5.39. The molecule has 136 valence electrons. The van der Waals surface area contributed by atoms with Gasteiger partial charge in [0, 0.05) is 12.8 Å². The SMILES string of the molecule is C[C@H]1OCCN[C@@H]1C(=O)NCCOc1ccc(S(C)(=O)=O)cc1.Cl. The van der Waals surface area contributed by atoms with Gasteiger partial charge in [-0.25, -0.2) is 8.42 Å². The lowest BCUT2D eigenvalue weighted by Crippen LogP contribution is -2.55. The van der Waals surface area contributed by atoms with E-state index in [0.29, 0.717) is 32.1 Å². The van der Waals surface area contributed by atoms with Crippen LogP contribution in [0.4, 0.5) is 0 Å². The highest BCUT2D eigenvalue weighted by Gasteiger charge is 2.27. The van der Waals surface area contributed by atoms with Crippen LogP contribution < -0.4 is 15.4 Å². The van der Waals surface area contributed by atoms with Crippen LogP contribution in [0.5, 0.6) is 5.75 Å². The molecule has 0 aliphatic carbocycles. The highest BCUT2D eigenvalue weighted by Crippen LogP contribution is 2.15. The summed E-state index contributed by atoms with van der Waals surface area (Å²) in [5.74, 6) is 0.437. The number of nitrogens with one attached hydrogen (secondary N) is 2. The molecule has 0 aromatic heterocycles. The fourth-order valence-corrected chi connectivity index (χ4v) is 2.89. The van der Waals surface area contributed by atoms with Crippen molar-refractivity contribution in [3.05, 3.63) is 24.3 Å². The van der Waals surface area contributed by atoms with Gasteiger partial charge < -0.3 is 20.1 Å². The van der Waals surface area contributed by atoms with Gasteiger partial charge in [-0.3, -0.25) is 4.79 Å². The Morgan fingerprint density at radius 1 is 1.38 bits per heavy atom. The topological polar surface area (TPSA) is 93.7 Å². The molecule has 9 heteroatoms. The first-order valence-corrected chi connectivity index (χ1v) is 9.32. The quantitative estimate of drug-likeness (QED) is 0.695. The molecule has 1 heterocycles. The molecule has 1 aromatic rings. The van der Waals surface area contributed by atoms with Gasteiger partial charge in [-0.15, -0.1) is 12.4 Å². The summed E-state index contributed by atoms with van der Waals surface area (Å²) in [5.41, 5.74) is 0. The van der Waals surface area contributed by atoms with Crippen LogP contribution in [-0.2, 0) is 19.4 Å². The zero-order chi connectivity index (χ0) is 16.9. The third kappa shape index (κ3) is 5.94. The van der Waals surface area contributed by atoms with Gasteiger partial charge in [-0.1, -0.05) is 0 Å². The number of hydrogen-bond donors (Lipinski definition) is 2. The molecule has 0 bridgehead atoms. The van der Waals surface area contributed by atoms with E-state index in [-0.39, 0.29) is 35.4 Å². The Hall–Kier alpha value is -1.35. The molecule has 2 atom stereocenters. The zero-order valence-corrected chi connectivity index (χ0v) is 15.3. The van der Waals surface area contributed by atoms with E-state index in [1.54, 1.807) is 12.1 Å². The van der Waals surface area contributed by atoms with Gasteiger partial charge in [0.15, 0.2) is 9.84 Å². The number of carbonyl (C=O) groups excluding carboxylic acids is 1. The van der Waals surface area contributed by atoms with Gasteiger partial charge in [-0.05, 0) is 31.2 Å². The lowest BCUT2D eigenvalue weighted by Gasteiger charge is -2.29. The summed E-state index contributed by atoms with van der Waals surface area (Å²) in [6, 6.07) is 5.83. The smallest absolute Gasteiger partial charge is 0.239 e. The normalized spacial score (nSPS) is 20.8. The summed E-state index contributed by atoms with van der Waals surface area (Å²) in [7, 11) is -3.21. The Morgan fingerprint density at radius 2 is 2.04 bits per heavy atom. The Bertz CT molecular complexity index is 636. The molecule has 0 saturated carbocycles. The van der Waals surface area contributed by atoms with Crippen LogP contribution in [0.1, 0.15) is 6.92 Å². The maximum absolute atomic E-state index is 12.0. The Labute approximate surface area is 148 Å². The molecule has 24 heavy (non-hydrogen) atoms. The lowest BCUT2D eigenvalue weighted by molar-refractivity contribution is -0.129. The van der Waals surface area contributed by atoms with E-state index < -0.39 is 9.84 Å². The largest absolute Gasteiger partial charge is 0.492 e. The minimum absolute atomic E-state index is 0. The first-order chi connectivity index (χ1) is 10.9. The van der Waals surface area contributed by atoms with Gasteiger partial charge in [0.25, 0.3) is 0 Å². The molecule has 1 saturated heterocycles. The van der Waals surface area contributed by atoms with Crippen molar-refractivity contribution in [3.63, 3.8) is 0 Å². The molecule has 1 amide bonds. The van der Waals surface area contributed by atoms with E-state index in [2.05, 4.69) is 10.6 Å². The predicted octanol–water partition coefficient (Wildman–Crippen LogP) is 0.384. The highest BCUT2D eigenvalue weighted by atomic mass is 35.5. The average Bonchev–Trinajstić information content (AvgIpc) is 2.51. The molecular formula is C15H23ClN2O5S. The minimum atomic E-state index is -3.21. The van der Waals surface area contributed by atoms with Gasteiger partial charge in [0.05, 0.1) is 24.2 Å². The molecule has 2 N–H and O–H groups in total. The van der Waals surface area contributed by atoms with E-state index in [9.17, 15) is 13.2 Å². The van der Waals surface area contributed by atoms with Crippen molar-refractivity contribution in [2.75, 3.05) is 32.6 Å². The van der Waals surface area contributed by atoms with Crippen LogP contribution in [0.15, 0.2) is 29.2 Å². The van der Waals surface area contributed by atoms with Crippen LogP contribution in [-0.4, -0.2) is 59.0 Å². The third-order valence-corrected chi connectivity index (χ3v) is 4.65. The molecule has 1 fully saturated rings. The summed E-state index contributed by atoms with van der Waals surface area (Å²) < 4.78 is 33.6. The molecule has 1 aliphatic heterocycles. The maximum Gasteiger partial charge on any atom is 0.239 e. The Balaban J connectivity index is 0.00000288. The first kappa shape index (κ1) is 20.7. The van der Waals surface area contributed by atoms with Crippen molar-refractivity contribution in [3.8, 4) is 5.75 Å². The van der Waals surface area contributed by atoms with E-state index in [1.165, 1.54) is 12.1 Å². The molecule has 0 radical (unpaired) electrons. The Kier molecular flexibility index (Phi) is 7.95. The van der Waals surface area contributed by atoms with E-state index >= 15 is 0 Å². The number of carbonyl (C=O) groups is 1. The number of sulfone groups is 1. The Morgan fingerprint density at radius 3 is 2.62 bits per heavy atom. The number of halogens is 1. The molecule has 1 aliphatic rings. The number of ether oxygens (including phenoxy) is 2. The molecule has 7 nitrogen and oxygen atoms in total. The van der Waals surface area contributed by atoms with Gasteiger partial charge in [0.1, 0.15) is 18.4 Å². The number of morpholine rings is 1. The van der Waals surface area contributed by atoms with Gasteiger partial charge in [0.2, 0.25) is 5.91 Å². The summed E-state index contributed by atoms with van der Waals surface area (Å²) in [6.45, 7) is 3.78.